The molecule has 144 valence electrons. The summed E-state index contributed by atoms with van der Waals surface area (Å²) in [6.07, 6.45) is 0.0474. The number of sulfone groups is 1. The molecule has 0 bridgehead atoms. The van der Waals surface area contributed by atoms with E-state index in [4.69, 9.17) is 5.21 Å². The fourth-order valence-electron chi connectivity index (χ4n) is 3.49. The Hall–Kier alpha value is -2.26. The molecule has 0 spiro atoms. The van der Waals surface area contributed by atoms with E-state index in [1.54, 1.807) is 12.1 Å². The Bertz CT molecular complexity index is 943. The molecule has 4 N–H and O–H groups in total. The van der Waals surface area contributed by atoms with E-state index in [9.17, 15) is 18.3 Å². The maximum absolute atomic E-state index is 13.1. The molecule has 1 saturated heterocycles. The first-order valence-corrected chi connectivity index (χ1v) is 10.1. The first-order valence-electron chi connectivity index (χ1n) is 8.58. The number of β-amino-alcohol motifs (C(OH)–C–C–N with tert-alkyl or cyclic N) is 1. The Morgan fingerprint density at radius 2 is 1.85 bits per heavy atom. The van der Waals surface area contributed by atoms with Gasteiger partial charge >= 0.3 is 0 Å². The number of carbonyl (C=O) groups is 1. The molecule has 0 aromatic heterocycles. The lowest BCUT2D eigenvalue weighted by atomic mass is 9.93. The third-order valence-electron chi connectivity index (χ3n) is 5.02. The fraction of sp³-hybridized carbons (Fsp3) is 0.316. The summed E-state index contributed by atoms with van der Waals surface area (Å²) in [6.45, 7) is 2.05. The van der Waals surface area contributed by atoms with Crippen molar-refractivity contribution in [1.29, 1.82) is 0 Å². The van der Waals surface area contributed by atoms with E-state index >= 15 is 0 Å². The molecule has 7 nitrogen and oxygen atoms in total. The van der Waals surface area contributed by atoms with Crippen molar-refractivity contribution in [2.45, 2.75) is 29.1 Å². The molecular weight excluding hydrogens is 368 g/mol. The van der Waals surface area contributed by atoms with Gasteiger partial charge in [-0.05, 0) is 48.7 Å². The van der Waals surface area contributed by atoms with Crippen LogP contribution in [0.3, 0.4) is 0 Å². The van der Waals surface area contributed by atoms with Gasteiger partial charge in [0, 0.05) is 6.54 Å². The van der Waals surface area contributed by atoms with E-state index in [0.29, 0.717) is 6.54 Å². The van der Waals surface area contributed by atoms with Crippen molar-refractivity contribution in [3.8, 4) is 11.1 Å². The van der Waals surface area contributed by atoms with Gasteiger partial charge in [-0.25, -0.2) is 13.9 Å². The van der Waals surface area contributed by atoms with E-state index in [2.05, 4.69) is 5.32 Å². The SMILES string of the molecule is Cc1ccccc1-c1ccc(S(=O)(=O)C2CCNCC2(O)C(=O)NO)cc1. The summed E-state index contributed by atoms with van der Waals surface area (Å²) in [6, 6.07) is 14.2. The molecule has 2 aromatic rings. The minimum absolute atomic E-state index is 0.0240. The van der Waals surface area contributed by atoms with E-state index in [0.717, 1.165) is 16.7 Å². The van der Waals surface area contributed by atoms with Crippen LogP contribution < -0.4 is 10.8 Å². The smallest absolute Gasteiger partial charge is 0.277 e. The zero-order chi connectivity index (χ0) is 19.7. The van der Waals surface area contributed by atoms with Crippen molar-refractivity contribution in [1.82, 2.24) is 10.8 Å². The number of nitrogens with one attached hydrogen (secondary N) is 2. The molecule has 1 aliphatic rings. The van der Waals surface area contributed by atoms with Crippen LogP contribution >= 0.6 is 0 Å². The maximum Gasteiger partial charge on any atom is 0.277 e. The molecule has 1 heterocycles. The molecule has 0 radical (unpaired) electrons. The second-order valence-electron chi connectivity index (χ2n) is 6.70. The quantitative estimate of drug-likeness (QED) is 0.458. The molecule has 2 atom stereocenters. The monoisotopic (exact) mass is 390 g/mol. The summed E-state index contributed by atoms with van der Waals surface area (Å²) in [5.74, 6) is -1.14. The molecule has 3 rings (SSSR count). The summed E-state index contributed by atoms with van der Waals surface area (Å²) in [5.41, 5.74) is 2.07. The van der Waals surface area contributed by atoms with Crippen molar-refractivity contribution >= 4 is 15.7 Å². The van der Waals surface area contributed by atoms with Crippen molar-refractivity contribution in [3.63, 3.8) is 0 Å². The lowest BCUT2D eigenvalue weighted by Crippen LogP contribution is -2.65. The minimum atomic E-state index is -4.00. The van der Waals surface area contributed by atoms with Gasteiger partial charge in [-0.15, -0.1) is 0 Å². The largest absolute Gasteiger partial charge is 0.377 e. The van der Waals surface area contributed by atoms with Gasteiger partial charge < -0.3 is 10.4 Å². The standard InChI is InChI=1S/C19H22N2O5S/c1-13-4-2-3-5-16(13)14-6-8-15(9-7-14)27(25,26)17-10-11-20-12-19(17,23)18(22)21-24/h2-9,17,20,23-24H,10-12H2,1H3,(H,21,22). The number of hydrogen-bond donors (Lipinski definition) is 4. The zero-order valence-electron chi connectivity index (χ0n) is 14.8. The maximum atomic E-state index is 13.1. The highest BCUT2D eigenvalue weighted by atomic mass is 32.2. The first-order chi connectivity index (χ1) is 12.8. The number of aliphatic hydroxyl groups is 1. The van der Waals surface area contributed by atoms with E-state index in [-0.39, 0.29) is 17.9 Å². The number of hydroxylamine groups is 1. The van der Waals surface area contributed by atoms with Crippen LogP contribution in [-0.4, -0.2) is 48.6 Å². The number of piperidine rings is 1. The molecule has 2 aromatic carbocycles. The number of benzene rings is 2. The molecule has 8 heteroatoms. The summed E-state index contributed by atoms with van der Waals surface area (Å²) in [5, 5.41) is 21.0. The van der Waals surface area contributed by atoms with Gasteiger partial charge in [0.15, 0.2) is 15.4 Å². The summed E-state index contributed by atoms with van der Waals surface area (Å²) in [4.78, 5) is 12.0. The van der Waals surface area contributed by atoms with Gasteiger partial charge in [0.05, 0.1) is 4.90 Å². The normalized spacial score (nSPS) is 23.0. The lowest BCUT2D eigenvalue weighted by Gasteiger charge is -2.37. The van der Waals surface area contributed by atoms with Crippen molar-refractivity contribution in [2.75, 3.05) is 13.1 Å². The number of carbonyl (C=O) groups excluding carboxylic acids is 1. The third-order valence-corrected chi connectivity index (χ3v) is 7.32. The molecule has 27 heavy (non-hydrogen) atoms. The van der Waals surface area contributed by atoms with Gasteiger partial charge in [-0.2, -0.15) is 0 Å². The van der Waals surface area contributed by atoms with Crippen molar-refractivity contribution in [2.24, 2.45) is 0 Å². The molecule has 1 aliphatic heterocycles. The molecule has 0 aliphatic carbocycles. The van der Waals surface area contributed by atoms with Crippen LogP contribution in [0.4, 0.5) is 0 Å². The second kappa shape index (κ2) is 7.40. The Morgan fingerprint density at radius 1 is 1.19 bits per heavy atom. The van der Waals surface area contributed by atoms with Gasteiger partial charge in [-0.3, -0.25) is 10.0 Å². The molecule has 1 fully saturated rings. The lowest BCUT2D eigenvalue weighted by molar-refractivity contribution is -0.149. The number of amides is 1. The van der Waals surface area contributed by atoms with Crippen LogP contribution in [0.2, 0.25) is 0 Å². The number of hydrogen-bond acceptors (Lipinski definition) is 6. The van der Waals surface area contributed by atoms with Crippen molar-refractivity contribution in [3.05, 3.63) is 54.1 Å². The molecular formula is C19H22N2O5S. The van der Waals surface area contributed by atoms with Crippen LogP contribution in [0.15, 0.2) is 53.4 Å². The topological polar surface area (TPSA) is 116 Å². The first kappa shape index (κ1) is 19.5. The molecule has 2 unspecified atom stereocenters. The van der Waals surface area contributed by atoms with Crippen LogP contribution in [-0.2, 0) is 14.6 Å². The zero-order valence-corrected chi connectivity index (χ0v) is 15.7. The minimum Gasteiger partial charge on any atom is -0.377 e. The van der Waals surface area contributed by atoms with Gasteiger partial charge in [-0.1, -0.05) is 36.4 Å². The summed E-state index contributed by atoms with van der Waals surface area (Å²) >= 11 is 0. The predicted octanol–water partition coefficient (Wildman–Crippen LogP) is 1.03. The van der Waals surface area contributed by atoms with E-state index in [1.165, 1.54) is 17.6 Å². The van der Waals surface area contributed by atoms with Gasteiger partial charge in [0.2, 0.25) is 0 Å². The van der Waals surface area contributed by atoms with Crippen LogP contribution in [0, 0.1) is 6.92 Å². The van der Waals surface area contributed by atoms with Gasteiger partial charge in [0.1, 0.15) is 5.25 Å². The summed E-state index contributed by atoms with van der Waals surface area (Å²) in [7, 11) is -4.00. The predicted molar refractivity (Wildman–Crippen MR) is 100.0 cm³/mol. The van der Waals surface area contributed by atoms with Gasteiger partial charge in [0.25, 0.3) is 5.91 Å². The average molecular weight is 390 g/mol. The van der Waals surface area contributed by atoms with E-state index < -0.39 is 26.6 Å². The van der Waals surface area contributed by atoms with Crippen molar-refractivity contribution < 1.29 is 23.5 Å². The highest BCUT2D eigenvalue weighted by molar-refractivity contribution is 7.92. The van der Waals surface area contributed by atoms with Crippen LogP contribution in [0.5, 0.6) is 0 Å². The molecule has 0 saturated carbocycles. The Balaban J connectivity index is 1.97. The second-order valence-corrected chi connectivity index (χ2v) is 8.83. The number of aryl methyl sites for hydroxylation is 1. The Morgan fingerprint density at radius 3 is 2.48 bits per heavy atom. The molecule has 1 amide bonds. The highest BCUT2D eigenvalue weighted by Crippen LogP contribution is 2.31. The Labute approximate surface area is 157 Å². The third kappa shape index (κ3) is 3.49. The average Bonchev–Trinajstić information content (AvgIpc) is 2.68. The fourth-order valence-corrected chi connectivity index (χ4v) is 5.46. The summed E-state index contributed by atoms with van der Waals surface area (Å²) < 4.78 is 26.2. The Kier molecular flexibility index (Phi) is 5.34. The highest BCUT2D eigenvalue weighted by Gasteiger charge is 2.52. The van der Waals surface area contributed by atoms with E-state index in [1.807, 2.05) is 31.2 Å². The van der Waals surface area contributed by atoms with Crippen LogP contribution in [0.25, 0.3) is 11.1 Å². The van der Waals surface area contributed by atoms with Crippen LogP contribution in [0.1, 0.15) is 12.0 Å². The number of rotatable bonds is 4.